The number of nitro groups is 1. The van der Waals surface area contributed by atoms with Crippen LogP contribution in [0, 0.1) is 24.0 Å². The lowest BCUT2D eigenvalue weighted by Gasteiger charge is -2.03. The number of nitrogens with one attached hydrogen (secondary N) is 1. The van der Waals surface area contributed by atoms with E-state index in [4.69, 9.17) is 11.6 Å². The Balaban J connectivity index is 1.50. The fourth-order valence-electron chi connectivity index (χ4n) is 3.11. The Labute approximate surface area is 192 Å². The maximum Gasteiger partial charge on any atom is 0.293 e. The van der Waals surface area contributed by atoms with Crippen molar-refractivity contribution in [3.05, 3.63) is 92.5 Å². The number of amides is 1. The second-order valence-corrected chi connectivity index (χ2v) is 7.30. The normalized spacial score (nSPS) is 11.1. The smallest absolute Gasteiger partial charge is 0.265 e. The lowest BCUT2D eigenvalue weighted by atomic mass is 10.2. The minimum atomic E-state index is -0.568. The van der Waals surface area contributed by atoms with Crippen LogP contribution in [-0.4, -0.2) is 41.8 Å². The lowest BCUT2D eigenvalue weighted by molar-refractivity contribution is -0.384. The zero-order valence-electron chi connectivity index (χ0n) is 17.5. The Morgan fingerprint density at radius 3 is 2.42 bits per heavy atom. The number of para-hydroxylation sites is 1. The van der Waals surface area contributed by atoms with Gasteiger partial charge in [-0.15, -0.1) is 5.10 Å². The number of nitrogens with zero attached hydrogens (tertiary/aromatic N) is 7. The van der Waals surface area contributed by atoms with E-state index in [1.165, 1.54) is 35.2 Å². The summed E-state index contributed by atoms with van der Waals surface area (Å²) in [7, 11) is 0. The van der Waals surface area contributed by atoms with Crippen molar-refractivity contribution >= 4 is 29.4 Å². The molecule has 0 atom stereocenters. The number of benzene rings is 2. The second-order valence-electron chi connectivity index (χ2n) is 6.95. The Morgan fingerprint density at radius 1 is 1.09 bits per heavy atom. The molecule has 33 heavy (non-hydrogen) atoms. The molecule has 166 valence electrons. The fourth-order valence-corrected chi connectivity index (χ4v) is 3.43. The Bertz CT molecular complexity index is 1360. The van der Waals surface area contributed by atoms with Gasteiger partial charge in [-0.1, -0.05) is 35.0 Å². The fraction of sp³-hybridized carbons (Fsp3) is 0.0952. The van der Waals surface area contributed by atoms with Crippen molar-refractivity contribution in [2.45, 2.75) is 13.8 Å². The quantitative estimate of drug-likeness (QED) is 0.264. The average molecular weight is 465 g/mol. The molecule has 0 fully saturated rings. The number of aromatic nitrogens is 5. The van der Waals surface area contributed by atoms with Gasteiger partial charge in [-0.05, 0) is 38.1 Å². The van der Waals surface area contributed by atoms with Crippen LogP contribution in [0.25, 0.3) is 11.4 Å². The summed E-state index contributed by atoms with van der Waals surface area (Å²) < 4.78 is 2.99. The molecular weight excluding hydrogens is 448 g/mol. The highest BCUT2D eigenvalue weighted by Gasteiger charge is 2.18. The van der Waals surface area contributed by atoms with Crippen LogP contribution in [0.5, 0.6) is 0 Å². The SMILES string of the molecule is Cc1nn(-c2ccccc2)c(Cl)c1/C=N/NC(=O)c1nnn(-c2ccc([N+](=O)[O-])cc2)c1C. The summed E-state index contributed by atoms with van der Waals surface area (Å²) in [6.07, 6.45) is 1.41. The topological polar surface area (TPSA) is 133 Å². The minimum absolute atomic E-state index is 0.0478. The maximum absolute atomic E-state index is 12.6. The Morgan fingerprint density at radius 2 is 1.76 bits per heavy atom. The molecule has 0 aliphatic rings. The van der Waals surface area contributed by atoms with E-state index in [2.05, 4.69) is 25.9 Å². The largest absolute Gasteiger partial charge is 0.293 e. The lowest BCUT2D eigenvalue weighted by Crippen LogP contribution is -2.19. The molecule has 11 nitrogen and oxygen atoms in total. The van der Waals surface area contributed by atoms with Gasteiger partial charge in [0.05, 0.1) is 39.5 Å². The van der Waals surface area contributed by atoms with Gasteiger partial charge in [0.25, 0.3) is 11.6 Å². The standard InChI is InChI=1S/C21H17ClN8O3/c1-13-18(20(22)29(26-13)15-6-4-3-5-7-15)12-23-25-21(31)19-14(2)28(27-24-19)16-8-10-17(11-9-16)30(32)33/h3-12H,1-2H3,(H,25,31)/b23-12+. The molecule has 2 heterocycles. The predicted octanol–water partition coefficient (Wildman–Crippen LogP) is 3.40. The highest BCUT2D eigenvalue weighted by molar-refractivity contribution is 6.32. The molecule has 0 aliphatic heterocycles. The number of non-ortho nitro benzene ring substituents is 1. The summed E-state index contributed by atoms with van der Waals surface area (Å²) in [6, 6.07) is 15.1. The van der Waals surface area contributed by atoms with E-state index < -0.39 is 10.8 Å². The van der Waals surface area contributed by atoms with Gasteiger partial charge in [-0.2, -0.15) is 10.2 Å². The van der Waals surface area contributed by atoms with E-state index in [0.29, 0.717) is 27.8 Å². The van der Waals surface area contributed by atoms with Crippen molar-refractivity contribution in [2.75, 3.05) is 0 Å². The van der Waals surface area contributed by atoms with Gasteiger partial charge in [0.15, 0.2) is 5.69 Å². The highest BCUT2D eigenvalue weighted by Crippen LogP contribution is 2.22. The van der Waals surface area contributed by atoms with Gasteiger partial charge in [0.2, 0.25) is 0 Å². The van der Waals surface area contributed by atoms with Crippen molar-refractivity contribution in [1.29, 1.82) is 0 Å². The first-order chi connectivity index (χ1) is 15.9. The van der Waals surface area contributed by atoms with Gasteiger partial charge < -0.3 is 0 Å². The number of halogens is 1. The van der Waals surface area contributed by atoms with E-state index >= 15 is 0 Å². The summed E-state index contributed by atoms with van der Waals surface area (Å²) in [5, 5.41) is 27.4. The van der Waals surface area contributed by atoms with Gasteiger partial charge in [-0.3, -0.25) is 14.9 Å². The van der Waals surface area contributed by atoms with Crippen molar-refractivity contribution in [2.24, 2.45) is 5.10 Å². The van der Waals surface area contributed by atoms with Crippen molar-refractivity contribution in [3.63, 3.8) is 0 Å². The van der Waals surface area contributed by atoms with E-state index in [9.17, 15) is 14.9 Å². The van der Waals surface area contributed by atoms with Crippen LogP contribution in [0.2, 0.25) is 5.15 Å². The third-order valence-corrected chi connectivity index (χ3v) is 5.19. The molecule has 12 heteroatoms. The van der Waals surface area contributed by atoms with Crippen molar-refractivity contribution in [3.8, 4) is 11.4 Å². The van der Waals surface area contributed by atoms with Gasteiger partial charge >= 0.3 is 0 Å². The average Bonchev–Trinajstić information content (AvgIpc) is 3.34. The number of hydrogen-bond donors (Lipinski definition) is 1. The molecule has 0 bridgehead atoms. The Kier molecular flexibility index (Phi) is 5.96. The van der Waals surface area contributed by atoms with E-state index in [1.54, 1.807) is 18.5 Å². The molecule has 0 saturated carbocycles. The van der Waals surface area contributed by atoms with Crippen LogP contribution in [0.4, 0.5) is 5.69 Å². The van der Waals surface area contributed by atoms with E-state index in [1.807, 2.05) is 30.3 Å². The number of hydrazone groups is 1. The number of carbonyl (C=O) groups is 1. The molecule has 1 amide bonds. The molecule has 4 aromatic rings. The molecule has 0 unspecified atom stereocenters. The molecule has 1 N–H and O–H groups in total. The highest BCUT2D eigenvalue weighted by atomic mass is 35.5. The minimum Gasteiger partial charge on any atom is -0.265 e. The third kappa shape index (κ3) is 4.34. The molecular formula is C21H17ClN8O3. The maximum atomic E-state index is 12.6. The van der Waals surface area contributed by atoms with Gasteiger partial charge in [0.1, 0.15) is 5.15 Å². The summed E-state index contributed by atoms with van der Waals surface area (Å²) in [4.78, 5) is 22.9. The number of nitro benzene ring substituents is 1. The molecule has 0 spiro atoms. The molecule has 2 aromatic heterocycles. The predicted molar refractivity (Wildman–Crippen MR) is 121 cm³/mol. The first-order valence-corrected chi connectivity index (χ1v) is 10.1. The van der Waals surface area contributed by atoms with Crippen LogP contribution in [0.1, 0.15) is 27.4 Å². The zero-order chi connectivity index (χ0) is 23.5. The van der Waals surface area contributed by atoms with Gasteiger partial charge in [0, 0.05) is 12.1 Å². The molecule has 4 rings (SSSR count). The molecule has 0 radical (unpaired) electrons. The Hall–Kier alpha value is -4.38. The third-order valence-electron chi connectivity index (χ3n) is 4.82. The summed E-state index contributed by atoms with van der Waals surface area (Å²) >= 11 is 6.45. The van der Waals surface area contributed by atoms with Crippen molar-refractivity contribution in [1.82, 2.24) is 30.2 Å². The van der Waals surface area contributed by atoms with Crippen LogP contribution in [0.15, 0.2) is 59.7 Å². The molecule has 0 saturated heterocycles. The molecule has 2 aromatic carbocycles. The van der Waals surface area contributed by atoms with Crippen LogP contribution < -0.4 is 5.43 Å². The number of hydrogen-bond acceptors (Lipinski definition) is 7. The van der Waals surface area contributed by atoms with Crippen LogP contribution in [0.3, 0.4) is 0 Å². The number of carbonyl (C=O) groups excluding carboxylic acids is 1. The second kappa shape index (κ2) is 9.01. The van der Waals surface area contributed by atoms with Crippen molar-refractivity contribution < 1.29 is 9.72 Å². The number of aryl methyl sites for hydroxylation is 1. The van der Waals surface area contributed by atoms with E-state index in [-0.39, 0.29) is 11.4 Å². The first kappa shape index (κ1) is 21.8. The summed E-state index contributed by atoms with van der Waals surface area (Å²) in [6.45, 7) is 3.44. The van der Waals surface area contributed by atoms with Crippen LogP contribution >= 0.6 is 11.6 Å². The number of rotatable bonds is 6. The van der Waals surface area contributed by atoms with E-state index in [0.717, 1.165) is 5.69 Å². The summed E-state index contributed by atoms with van der Waals surface area (Å²) in [5.41, 5.74) is 5.41. The zero-order valence-corrected chi connectivity index (χ0v) is 18.3. The van der Waals surface area contributed by atoms with Crippen LogP contribution in [-0.2, 0) is 0 Å². The monoisotopic (exact) mass is 464 g/mol. The first-order valence-electron chi connectivity index (χ1n) is 9.68. The van der Waals surface area contributed by atoms with Gasteiger partial charge in [-0.25, -0.2) is 14.8 Å². The molecule has 0 aliphatic carbocycles. The summed E-state index contributed by atoms with van der Waals surface area (Å²) in [5.74, 6) is -0.568.